The van der Waals surface area contributed by atoms with Gasteiger partial charge in [-0.1, -0.05) is 39.2 Å². The minimum atomic E-state index is -1.35. The summed E-state index contributed by atoms with van der Waals surface area (Å²) in [7, 11) is 0. The van der Waals surface area contributed by atoms with Crippen molar-refractivity contribution in [3.05, 3.63) is 41.7 Å². The zero-order chi connectivity index (χ0) is 39.9. The first kappa shape index (κ1) is 44.2. The molecule has 2 rings (SSSR count). The van der Waals surface area contributed by atoms with Crippen molar-refractivity contribution in [2.75, 3.05) is 13.3 Å². The fraction of sp³-hybridized carbons (Fsp3) is 0.579. The molecule has 0 saturated heterocycles. The normalized spacial score (nSPS) is 13.2. The maximum absolute atomic E-state index is 13.5. The lowest BCUT2D eigenvalue weighted by Crippen LogP contribution is -2.47. The van der Waals surface area contributed by atoms with Crippen molar-refractivity contribution in [3.8, 4) is 17.1 Å². The topological polar surface area (TPSA) is 203 Å². The number of hydroxylamine groups is 2. The molecule has 1 aromatic heterocycles. The number of unbranched alkanes of at least 4 members (excludes halogenated alkanes) is 2. The fourth-order valence-corrected chi connectivity index (χ4v) is 5.38. The largest absolute Gasteiger partial charge is 0.493 e. The van der Waals surface area contributed by atoms with E-state index in [4.69, 9.17) is 18.6 Å². The summed E-state index contributed by atoms with van der Waals surface area (Å²) >= 11 is 0. The second-order valence-electron chi connectivity index (χ2n) is 14.4. The molecule has 1 aromatic carbocycles. The lowest BCUT2D eigenvalue weighted by molar-refractivity contribution is -0.168. The average Bonchev–Trinajstić information content (AvgIpc) is 3.56. The van der Waals surface area contributed by atoms with Crippen molar-refractivity contribution in [1.29, 1.82) is 0 Å². The zero-order valence-corrected chi connectivity index (χ0v) is 32.3. The summed E-state index contributed by atoms with van der Waals surface area (Å²) in [6, 6.07) is 5.53. The van der Waals surface area contributed by atoms with E-state index >= 15 is 0 Å². The minimum absolute atomic E-state index is 0.0511. The Balaban J connectivity index is 2.20. The Morgan fingerprint density at radius 3 is 2.17 bits per heavy atom. The number of nitrogens with one attached hydrogen (secondary N) is 3. The number of carbonyl (C=O) groups is 6. The Kier molecular flexibility index (Phi) is 17.0. The third-order valence-electron chi connectivity index (χ3n) is 7.73. The molecule has 0 aliphatic carbocycles. The first-order valence-corrected chi connectivity index (χ1v) is 17.9. The van der Waals surface area contributed by atoms with E-state index in [1.807, 2.05) is 6.92 Å². The van der Waals surface area contributed by atoms with Crippen LogP contribution in [0.25, 0.3) is 11.3 Å². The summed E-state index contributed by atoms with van der Waals surface area (Å²) in [6.07, 6.45) is 3.19. The van der Waals surface area contributed by atoms with Crippen LogP contribution in [-0.2, 0) is 28.7 Å². The summed E-state index contributed by atoms with van der Waals surface area (Å²) in [5, 5.41) is 18.4. The van der Waals surface area contributed by atoms with Crippen LogP contribution in [-0.4, -0.2) is 82.9 Å². The van der Waals surface area contributed by atoms with Gasteiger partial charge in [0.25, 0.3) is 11.8 Å². The van der Waals surface area contributed by atoms with Crippen LogP contribution in [0.4, 0.5) is 0 Å². The van der Waals surface area contributed by atoms with E-state index in [1.165, 1.54) is 12.1 Å². The number of hydrogen-bond donors (Lipinski definition) is 4. The summed E-state index contributed by atoms with van der Waals surface area (Å²) in [4.78, 5) is 76.3. The molecule has 0 aliphatic rings. The van der Waals surface area contributed by atoms with E-state index < -0.39 is 65.3 Å². The lowest BCUT2D eigenvalue weighted by atomic mass is 9.90. The molecule has 0 spiro atoms. The monoisotopic (exact) mass is 744 g/mol. The zero-order valence-electron chi connectivity index (χ0n) is 32.3. The molecular formula is C38H56N4O11. The number of amides is 4. The number of benzene rings is 1. The highest BCUT2D eigenvalue weighted by Gasteiger charge is 2.33. The summed E-state index contributed by atoms with van der Waals surface area (Å²) in [5.41, 5.74) is -1.14. The van der Waals surface area contributed by atoms with Gasteiger partial charge in [-0.25, -0.2) is 9.86 Å². The van der Waals surface area contributed by atoms with E-state index in [0.29, 0.717) is 23.5 Å². The number of esters is 2. The number of nitrogens with zero attached hydrogens (tertiary/aromatic N) is 1. The van der Waals surface area contributed by atoms with Crippen molar-refractivity contribution in [1.82, 2.24) is 21.0 Å². The molecule has 4 N–H and O–H groups in total. The van der Waals surface area contributed by atoms with Crippen LogP contribution in [0, 0.1) is 5.92 Å². The highest BCUT2D eigenvalue weighted by Crippen LogP contribution is 2.29. The molecule has 0 aliphatic heterocycles. The van der Waals surface area contributed by atoms with Crippen molar-refractivity contribution in [2.24, 2.45) is 5.92 Å². The van der Waals surface area contributed by atoms with Crippen LogP contribution in [0.5, 0.6) is 5.75 Å². The molecule has 15 nitrogen and oxygen atoms in total. The summed E-state index contributed by atoms with van der Waals surface area (Å²) in [6.45, 7) is 15.6. The van der Waals surface area contributed by atoms with Crippen LogP contribution in [0.1, 0.15) is 122 Å². The Morgan fingerprint density at radius 1 is 0.906 bits per heavy atom. The van der Waals surface area contributed by atoms with Gasteiger partial charge in [0.15, 0.2) is 5.76 Å². The Morgan fingerprint density at radius 2 is 1.58 bits per heavy atom. The third-order valence-corrected chi connectivity index (χ3v) is 7.73. The highest BCUT2D eigenvalue weighted by atomic mass is 16.6. The van der Waals surface area contributed by atoms with E-state index in [0.717, 1.165) is 19.3 Å². The van der Waals surface area contributed by atoms with Crippen molar-refractivity contribution in [2.45, 2.75) is 124 Å². The second kappa shape index (κ2) is 20.4. The van der Waals surface area contributed by atoms with Gasteiger partial charge in [0.05, 0.1) is 37.2 Å². The summed E-state index contributed by atoms with van der Waals surface area (Å²) < 4.78 is 22.4. The van der Waals surface area contributed by atoms with Gasteiger partial charge in [0, 0.05) is 5.56 Å². The molecule has 1 heterocycles. The van der Waals surface area contributed by atoms with Gasteiger partial charge in [-0.2, -0.15) is 0 Å². The number of hydrogen-bond acceptors (Lipinski definition) is 11. The highest BCUT2D eigenvalue weighted by molar-refractivity contribution is 6.00. The molecule has 0 saturated carbocycles. The van der Waals surface area contributed by atoms with Gasteiger partial charge in [-0.05, 0) is 85.6 Å². The smallest absolute Gasteiger partial charge is 0.329 e. The van der Waals surface area contributed by atoms with E-state index in [-0.39, 0.29) is 42.5 Å². The molecule has 4 amide bonds. The number of rotatable bonds is 20. The van der Waals surface area contributed by atoms with Crippen molar-refractivity contribution >= 4 is 36.1 Å². The molecule has 53 heavy (non-hydrogen) atoms. The molecule has 294 valence electrons. The fourth-order valence-electron chi connectivity index (χ4n) is 5.38. The van der Waals surface area contributed by atoms with Gasteiger partial charge < -0.3 is 34.6 Å². The van der Waals surface area contributed by atoms with Gasteiger partial charge in [-0.3, -0.25) is 29.2 Å². The Hall–Kier alpha value is -4.92. The number of carbonyl (C=O) groups excluding carboxylic acids is 6. The van der Waals surface area contributed by atoms with Crippen molar-refractivity contribution in [3.63, 3.8) is 0 Å². The van der Waals surface area contributed by atoms with Crippen LogP contribution in [0.3, 0.4) is 0 Å². The molecule has 2 aromatic rings. The molecule has 2 unspecified atom stereocenters. The quantitative estimate of drug-likeness (QED) is 0.0349. The van der Waals surface area contributed by atoms with E-state index in [9.17, 15) is 34.0 Å². The van der Waals surface area contributed by atoms with E-state index in [1.54, 1.807) is 73.6 Å². The number of ether oxygens (including phenoxy) is 3. The van der Waals surface area contributed by atoms with Gasteiger partial charge >= 0.3 is 11.9 Å². The molecule has 3 atom stereocenters. The standard InChI is InChI=1S/C38H56N4O11/c1-10-13-14-15-25(28(11-2)42(49)23-43)33(45)39-22-40-35(47)30-19-18-29(51-30)24-16-17-26(31(20-24)50-12-3)34(46)41-27(36(48)53-38(7,8)9)21-32(44)52-37(4,5)6/h16-20,23,25,27-28,49H,10-15,21-22H2,1-9H3,(H,39,45)(H,40,47)(H,41,46)/t25?,27?,28-/m1/s1. The second-order valence-corrected chi connectivity index (χ2v) is 14.4. The maximum Gasteiger partial charge on any atom is 0.329 e. The SMILES string of the molecule is CCCCCC(C(=O)NCNC(=O)c1ccc(-c2ccc(C(=O)NC(CC(=O)OC(C)(C)C)C(=O)OC(C)(C)C)c(OCC)c2)o1)[C@@H](CC)N(O)C=O. The first-order chi connectivity index (χ1) is 24.8. The Bertz CT molecular complexity index is 1560. The molecule has 0 radical (unpaired) electrons. The molecule has 0 bridgehead atoms. The van der Waals surface area contributed by atoms with Crippen LogP contribution < -0.4 is 20.7 Å². The van der Waals surface area contributed by atoms with Crippen LogP contribution >= 0.6 is 0 Å². The molecular weight excluding hydrogens is 688 g/mol. The minimum Gasteiger partial charge on any atom is -0.493 e. The number of furan rings is 1. The van der Waals surface area contributed by atoms with Crippen LogP contribution in [0.2, 0.25) is 0 Å². The van der Waals surface area contributed by atoms with Crippen LogP contribution in [0.15, 0.2) is 34.7 Å². The summed E-state index contributed by atoms with van der Waals surface area (Å²) in [5.74, 6) is -3.51. The van der Waals surface area contributed by atoms with Gasteiger partial charge in [0.1, 0.15) is 28.8 Å². The Labute approximate surface area is 311 Å². The van der Waals surface area contributed by atoms with Crippen molar-refractivity contribution < 1.29 is 52.6 Å². The average molecular weight is 745 g/mol. The molecule has 0 fully saturated rings. The maximum atomic E-state index is 13.5. The first-order valence-electron chi connectivity index (χ1n) is 17.9. The lowest BCUT2D eigenvalue weighted by Gasteiger charge is -2.29. The predicted octanol–water partition coefficient (Wildman–Crippen LogP) is 5.14. The molecule has 15 heteroatoms. The third kappa shape index (κ3) is 14.6. The van der Waals surface area contributed by atoms with Gasteiger partial charge in [-0.15, -0.1) is 0 Å². The van der Waals surface area contributed by atoms with E-state index in [2.05, 4.69) is 16.0 Å². The van der Waals surface area contributed by atoms with Gasteiger partial charge in [0.2, 0.25) is 12.3 Å². The predicted molar refractivity (Wildman–Crippen MR) is 195 cm³/mol.